The summed E-state index contributed by atoms with van der Waals surface area (Å²) < 4.78 is 1.51. The molecule has 0 spiro atoms. The van der Waals surface area contributed by atoms with E-state index >= 15 is 0 Å². The van der Waals surface area contributed by atoms with Gasteiger partial charge in [0.25, 0.3) is 11.6 Å². The fourth-order valence-electron chi connectivity index (χ4n) is 2.99. The molecular formula is C21H16ClN5O3S. The molecule has 31 heavy (non-hydrogen) atoms. The van der Waals surface area contributed by atoms with Gasteiger partial charge in [0.15, 0.2) is 0 Å². The summed E-state index contributed by atoms with van der Waals surface area (Å²) in [4.78, 5) is 28.1. The Morgan fingerprint density at radius 2 is 1.90 bits per heavy atom. The van der Waals surface area contributed by atoms with Crippen LogP contribution in [0.4, 0.5) is 11.5 Å². The minimum absolute atomic E-state index is 0.137. The highest BCUT2D eigenvalue weighted by atomic mass is 35.5. The topological polar surface area (TPSA) is 103 Å². The van der Waals surface area contributed by atoms with Crippen LogP contribution in [0.25, 0.3) is 16.4 Å². The number of halogens is 1. The molecule has 0 bridgehead atoms. The van der Waals surface area contributed by atoms with E-state index in [4.69, 9.17) is 11.6 Å². The Bertz CT molecular complexity index is 1300. The first-order valence-electron chi connectivity index (χ1n) is 9.17. The van der Waals surface area contributed by atoms with E-state index in [0.29, 0.717) is 16.6 Å². The number of carbonyl (C=O) groups is 1. The Labute approximate surface area is 186 Å². The number of anilines is 1. The predicted molar refractivity (Wildman–Crippen MR) is 120 cm³/mol. The van der Waals surface area contributed by atoms with Crippen LogP contribution in [-0.2, 0) is 0 Å². The summed E-state index contributed by atoms with van der Waals surface area (Å²) in [5.74, 6) is -0.313. The second kappa shape index (κ2) is 8.29. The second-order valence-electron chi connectivity index (χ2n) is 6.84. The van der Waals surface area contributed by atoms with Gasteiger partial charge in [0.1, 0.15) is 11.4 Å². The number of rotatable bonds is 5. The molecule has 156 valence electrons. The van der Waals surface area contributed by atoms with Crippen molar-refractivity contribution in [2.75, 3.05) is 5.32 Å². The van der Waals surface area contributed by atoms with Crippen molar-refractivity contribution in [1.82, 2.24) is 14.8 Å². The number of benzene rings is 2. The smallest absolute Gasteiger partial charge is 0.282 e. The number of nitro benzene ring substituents is 1. The highest BCUT2D eigenvalue weighted by molar-refractivity contribution is 7.12. The van der Waals surface area contributed by atoms with Gasteiger partial charge in [0, 0.05) is 28.1 Å². The van der Waals surface area contributed by atoms with E-state index in [-0.39, 0.29) is 16.3 Å². The third kappa shape index (κ3) is 4.32. The van der Waals surface area contributed by atoms with Crippen molar-refractivity contribution >= 4 is 40.4 Å². The molecule has 1 N–H and O–H groups in total. The molecule has 0 unspecified atom stereocenters. The number of amides is 1. The van der Waals surface area contributed by atoms with Crippen LogP contribution in [0.2, 0.25) is 5.02 Å². The number of hydrogen-bond acceptors (Lipinski definition) is 6. The number of aromatic nitrogens is 3. The van der Waals surface area contributed by atoms with Gasteiger partial charge in [-0.3, -0.25) is 14.9 Å². The number of carbonyl (C=O) groups excluding carboxylic acids is 1. The largest absolute Gasteiger partial charge is 0.306 e. The lowest BCUT2D eigenvalue weighted by Crippen LogP contribution is -2.16. The molecule has 2 aromatic carbocycles. The van der Waals surface area contributed by atoms with E-state index in [1.54, 1.807) is 13.0 Å². The first-order chi connectivity index (χ1) is 14.8. The van der Waals surface area contributed by atoms with Gasteiger partial charge in [-0.1, -0.05) is 41.4 Å². The normalized spacial score (nSPS) is 10.8. The lowest BCUT2D eigenvalue weighted by Gasteiger charge is -2.07. The first-order valence-corrected chi connectivity index (χ1v) is 10.4. The summed E-state index contributed by atoms with van der Waals surface area (Å²) in [6.45, 7) is 3.80. The van der Waals surface area contributed by atoms with Gasteiger partial charge in [-0.15, -0.1) is 11.3 Å². The zero-order chi connectivity index (χ0) is 22.1. The van der Waals surface area contributed by atoms with Crippen LogP contribution < -0.4 is 5.32 Å². The number of nitro groups is 1. The van der Waals surface area contributed by atoms with Crippen molar-refractivity contribution < 1.29 is 9.72 Å². The second-order valence-corrected chi connectivity index (χ2v) is 8.11. The fourth-order valence-corrected chi connectivity index (χ4v) is 3.95. The van der Waals surface area contributed by atoms with Gasteiger partial charge >= 0.3 is 0 Å². The monoisotopic (exact) mass is 453 g/mol. The summed E-state index contributed by atoms with van der Waals surface area (Å²) in [6, 6.07) is 13.5. The Balaban J connectivity index is 1.66. The van der Waals surface area contributed by atoms with Gasteiger partial charge in [-0.05, 0) is 26.0 Å². The van der Waals surface area contributed by atoms with Crippen LogP contribution in [0.15, 0.2) is 53.9 Å². The first kappa shape index (κ1) is 20.7. The Kier molecular flexibility index (Phi) is 5.53. The molecular weight excluding hydrogens is 438 g/mol. The number of hydrogen-bond donors (Lipinski definition) is 1. The van der Waals surface area contributed by atoms with Gasteiger partial charge in [-0.2, -0.15) is 9.78 Å². The molecule has 4 rings (SSSR count). The molecule has 8 nitrogen and oxygen atoms in total. The molecule has 0 saturated carbocycles. The van der Waals surface area contributed by atoms with Crippen LogP contribution in [0.3, 0.4) is 0 Å². The lowest BCUT2D eigenvalue weighted by molar-refractivity contribution is -0.385. The molecule has 2 aromatic heterocycles. The summed E-state index contributed by atoms with van der Waals surface area (Å²) in [5, 5.41) is 21.1. The van der Waals surface area contributed by atoms with Crippen molar-refractivity contribution in [1.29, 1.82) is 0 Å². The number of nitrogens with zero attached hydrogens (tertiary/aromatic N) is 4. The molecule has 1 amide bonds. The third-order valence-electron chi connectivity index (χ3n) is 4.49. The number of thiazole rings is 1. The van der Waals surface area contributed by atoms with Gasteiger partial charge in [0.05, 0.1) is 16.3 Å². The molecule has 4 aromatic rings. The van der Waals surface area contributed by atoms with Crippen molar-refractivity contribution in [3.05, 3.63) is 85.9 Å². The zero-order valence-electron chi connectivity index (χ0n) is 16.5. The molecule has 2 heterocycles. The van der Waals surface area contributed by atoms with E-state index in [1.165, 1.54) is 34.2 Å². The molecule has 0 saturated heterocycles. The zero-order valence-corrected chi connectivity index (χ0v) is 18.1. The molecule has 0 radical (unpaired) electrons. The number of aryl methyl sites for hydroxylation is 2. The summed E-state index contributed by atoms with van der Waals surface area (Å²) in [7, 11) is 0. The molecule has 0 aliphatic carbocycles. The minimum atomic E-state index is -0.661. The highest BCUT2D eigenvalue weighted by Gasteiger charge is 2.22. The summed E-state index contributed by atoms with van der Waals surface area (Å²) in [6.07, 6.45) is 0. The average Bonchev–Trinajstić information content (AvgIpc) is 3.35. The third-order valence-corrected chi connectivity index (χ3v) is 5.54. The van der Waals surface area contributed by atoms with E-state index < -0.39 is 10.8 Å². The molecule has 10 heteroatoms. The van der Waals surface area contributed by atoms with Crippen LogP contribution in [0.1, 0.15) is 21.6 Å². The fraction of sp³-hybridized carbons (Fsp3) is 0.0952. The SMILES string of the molecule is Cc1ccc(-c2csc(-n3nc(C)cc3NC(=O)c3cc(Cl)ccc3[N+](=O)[O-])n2)cc1. The summed E-state index contributed by atoms with van der Waals surface area (Å²) >= 11 is 7.31. The van der Waals surface area contributed by atoms with Gasteiger partial charge < -0.3 is 5.32 Å². The maximum atomic E-state index is 12.8. The molecule has 0 fully saturated rings. The van der Waals surface area contributed by atoms with E-state index in [9.17, 15) is 14.9 Å². The minimum Gasteiger partial charge on any atom is -0.306 e. The number of nitrogens with one attached hydrogen (secondary N) is 1. The molecule has 0 aliphatic heterocycles. The summed E-state index contributed by atoms with van der Waals surface area (Å²) in [5.41, 5.74) is 3.10. The maximum Gasteiger partial charge on any atom is 0.282 e. The molecule has 0 atom stereocenters. The van der Waals surface area contributed by atoms with Crippen molar-refractivity contribution in [2.24, 2.45) is 0 Å². The predicted octanol–water partition coefficient (Wildman–Crippen LogP) is 5.43. The van der Waals surface area contributed by atoms with Crippen molar-refractivity contribution in [2.45, 2.75) is 13.8 Å². The standard InChI is InChI=1S/C21H16ClN5O3S/c1-12-3-5-14(6-4-12)17-11-31-21(23-17)26-19(9-13(2)25-26)24-20(28)16-10-15(22)7-8-18(16)27(29)30/h3-11H,1-2H3,(H,24,28). The maximum absolute atomic E-state index is 12.8. The van der Waals surface area contributed by atoms with Crippen LogP contribution in [-0.4, -0.2) is 25.6 Å². The quantitative estimate of drug-likeness (QED) is 0.320. The van der Waals surface area contributed by atoms with Gasteiger partial charge in [-0.25, -0.2) is 4.98 Å². The van der Waals surface area contributed by atoms with Crippen LogP contribution >= 0.6 is 22.9 Å². The average molecular weight is 454 g/mol. The van der Waals surface area contributed by atoms with E-state index in [1.807, 2.05) is 36.6 Å². The highest BCUT2D eigenvalue weighted by Crippen LogP contribution is 2.28. The van der Waals surface area contributed by atoms with Crippen LogP contribution in [0, 0.1) is 24.0 Å². The van der Waals surface area contributed by atoms with Crippen molar-refractivity contribution in [3.63, 3.8) is 0 Å². The van der Waals surface area contributed by atoms with E-state index in [0.717, 1.165) is 16.8 Å². The van der Waals surface area contributed by atoms with Crippen molar-refractivity contribution in [3.8, 4) is 16.4 Å². The Hall–Kier alpha value is -3.56. The lowest BCUT2D eigenvalue weighted by atomic mass is 10.1. The Morgan fingerprint density at radius 3 is 2.61 bits per heavy atom. The molecule has 0 aliphatic rings. The van der Waals surface area contributed by atoms with Gasteiger partial charge in [0.2, 0.25) is 5.13 Å². The Morgan fingerprint density at radius 1 is 1.16 bits per heavy atom. The van der Waals surface area contributed by atoms with Crippen LogP contribution in [0.5, 0.6) is 0 Å². The van der Waals surface area contributed by atoms with E-state index in [2.05, 4.69) is 15.4 Å².